The number of alkyl carbamates (subject to hydrolysis) is 1. The summed E-state index contributed by atoms with van der Waals surface area (Å²) in [4.78, 5) is 35.1. The second kappa shape index (κ2) is 8.55. The lowest BCUT2D eigenvalue weighted by molar-refractivity contribution is -0.123. The van der Waals surface area contributed by atoms with Crippen molar-refractivity contribution in [2.75, 3.05) is 6.54 Å². The molecule has 0 saturated heterocycles. The summed E-state index contributed by atoms with van der Waals surface area (Å²) in [6.45, 7) is 8.45. The molecule has 0 spiro atoms. The van der Waals surface area contributed by atoms with Crippen LogP contribution in [0.15, 0.2) is 12.3 Å². The molecule has 0 atom stereocenters. The smallest absolute Gasteiger partial charge is 0.408 e. The van der Waals surface area contributed by atoms with E-state index in [4.69, 9.17) is 4.74 Å². The molecule has 7 nitrogen and oxygen atoms in total. The van der Waals surface area contributed by atoms with Gasteiger partial charge in [0.05, 0.1) is 5.70 Å². The Morgan fingerprint density at radius 3 is 2.30 bits per heavy atom. The molecule has 23 heavy (non-hydrogen) atoms. The van der Waals surface area contributed by atoms with Gasteiger partial charge < -0.3 is 20.7 Å². The number of hydrogen-bond acceptors (Lipinski definition) is 4. The Morgan fingerprint density at radius 2 is 1.74 bits per heavy atom. The van der Waals surface area contributed by atoms with E-state index < -0.39 is 17.6 Å². The van der Waals surface area contributed by atoms with Crippen LogP contribution in [-0.2, 0) is 14.3 Å². The highest BCUT2D eigenvalue weighted by atomic mass is 16.6. The molecule has 0 bridgehead atoms. The van der Waals surface area contributed by atoms with Gasteiger partial charge in [-0.3, -0.25) is 9.59 Å². The van der Waals surface area contributed by atoms with E-state index in [0.29, 0.717) is 0 Å². The number of nitrogens with one attached hydrogen (secondary N) is 3. The van der Waals surface area contributed by atoms with Crippen LogP contribution in [0.25, 0.3) is 0 Å². The van der Waals surface area contributed by atoms with Crippen LogP contribution in [0.5, 0.6) is 0 Å². The monoisotopic (exact) mass is 325 g/mol. The van der Waals surface area contributed by atoms with Gasteiger partial charge in [-0.15, -0.1) is 0 Å². The molecule has 3 amide bonds. The zero-order chi connectivity index (χ0) is 17.5. The molecule has 0 aromatic carbocycles. The van der Waals surface area contributed by atoms with Gasteiger partial charge in [-0.05, 0) is 33.6 Å². The van der Waals surface area contributed by atoms with Crippen molar-refractivity contribution in [2.24, 2.45) is 0 Å². The highest BCUT2D eigenvalue weighted by Gasteiger charge is 2.19. The van der Waals surface area contributed by atoms with Crippen LogP contribution in [-0.4, -0.2) is 36.1 Å². The highest BCUT2D eigenvalue weighted by Crippen LogP contribution is 2.17. The van der Waals surface area contributed by atoms with E-state index in [-0.39, 0.29) is 24.2 Å². The first-order valence-corrected chi connectivity index (χ1v) is 7.94. The summed E-state index contributed by atoms with van der Waals surface area (Å²) in [5.41, 5.74) is -0.657. The minimum atomic E-state index is -0.690. The van der Waals surface area contributed by atoms with Crippen molar-refractivity contribution in [1.29, 1.82) is 0 Å². The summed E-state index contributed by atoms with van der Waals surface area (Å²) < 4.78 is 5.01. The lowest BCUT2D eigenvalue weighted by Crippen LogP contribution is -2.44. The van der Waals surface area contributed by atoms with Gasteiger partial charge in [0, 0.05) is 6.04 Å². The fourth-order valence-electron chi connectivity index (χ4n) is 2.26. The summed E-state index contributed by atoms with van der Waals surface area (Å²) in [6.07, 6.45) is 4.61. The van der Waals surface area contributed by atoms with Crippen molar-refractivity contribution < 1.29 is 19.1 Å². The van der Waals surface area contributed by atoms with Crippen molar-refractivity contribution in [3.05, 3.63) is 12.3 Å². The Hall–Kier alpha value is -2.05. The van der Waals surface area contributed by atoms with Gasteiger partial charge in [-0.25, -0.2) is 4.79 Å². The Balaban J connectivity index is 2.28. The molecular weight excluding hydrogens is 298 g/mol. The minimum Gasteiger partial charge on any atom is -0.444 e. The zero-order valence-corrected chi connectivity index (χ0v) is 14.2. The quantitative estimate of drug-likeness (QED) is 0.669. The van der Waals surface area contributed by atoms with Crippen LogP contribution in [0.1, 0.15) is 52.9 Å². The summed E-state index contributed by atoms with van der Waals surface area (Å²) in [6, 6.07) is 0.143. The lowest BCUT2D eigenvalue weighted by Gasteiger charge is -2.23. The fourth-order valence-corrected chi connectivity index (χ4v) is 2.26. The van der Waals surface area contributed by atoms with E-state index in [1.54, 1.807) is 20.8 Å². The summed E-state index contributed by atoms with van der Waals surface area (Å²) in [5.74, 6) is -0.915. The van der Waals surface area contributed by atoms with Crippen LogP contribution in [0.4, 0.5) is 4.79 Å². The second-order valence-electron chi connectivity index (χ2n) is 6.69. The van der Waals surface area contributed by atoms with Gasteiger partial charge in [0.1, 0.15) is 12.1 Å². The van der Waals surface area contributed by atoms with Gasteiger partial charge in [-0.1, -0.05) is 25.8 Å². The molecule has 1 saturated carbocycles. The SMILES string of the molecule is C=C(NC(=O)CNC(=O)OC(C)(C)C)C(=O)NC1CCCCC1. The molecule has 1 fully saturated rings. The predicted octanol–water partition coefficient (Wildman–Crippen LogP) is 1.59. The zero-order valence-electron chi connectivity index (χ0n) is 14.2. The number of hydrogen-bond donors (Lipinski definition) is 3. The first kappa shape index (κ1) is 19.0. The van der Waals surface area contributed by atoms with Gasteiger partial charge >= 0.3 is 6.09 Å². The molecule has 0 heterocycles. The Kier molecular flexibility index (Phi) is 7.06. The second-order valence-corrected chi connectivity index (χ2v) is 6.69. The van der Waals surface area contributed by atoms with Gasteiger partial charge in [0.2, 0.25) is 5.91 Å². The summed E-state index contributed by atoms with van der Waals surface area (Å²) >= 11 is 0. The normalized spacial score (nSPS) is 15.4. The number of ether oxygens (including phenoxy) is 1. The topological polar surface area (TPSA) is 96.5 Å². The third kappa shape index (κ3) is 8.23. The van der Waals surface area contributed by atoms with Crippen LogP contribution < -0.4 is 16.0 Å². The first-order valence-electron chi connectivity index (χ1n) is 7.94. The molecule has 1 rings (SSSR count). The largest absolute Gasteiger partial charge is 0.444 e. The molecule has 1 aliphatic carbocycles. The Morgan fingerprint density at radius 1 is 1.13 bits per heavy atom. The van der Waals surface area contributed by atoms with E-state index in [2.05, 4.69) is 22.5 Å². The molecule has 0 unspecified atom stereocenters. The van der Waals surface area contributed by atoms with E-state index in [1.165, 1.54) is 6.42 Å². The van der Waals surface area contributed by atoms with E-state index in [0.717, 1.165) is 25.7 Å². The van der Waals surface area contributed by atoms with E-state index in [1.807, 2.05) is 0 Å². The number of carbonyl (C=O) groups excluding carboxylic acids is 3. The molecule has 0 radical (unpaired) electrons. The molecule has 3 N–H and O–H groups in total. The van der Waals surface area contributed by atoms with Gasteiger partial charge in [-0.2, -0.15) is 0 Å². The Bertz CT molecular complexity index is 462. The number of carbonyl (C=O) groups is 3. The molecule has 0 aliphatic heterocycles. The highest BCUT2D eigenvalue weighted by molar-refractivity contribution is 5.97. The molecule has 7 heteroatoms. The van der Waals surface area contributed by atoms with E-state index in [9.17, 15) is 14.4 Å². The number of rotatable bonds is 5. The van der Waals surface area contributed by atoms with Gasteiger partial charge in [0.25, 0.3) is 5.91 Å². The fraction of sp³-hybridized carbons (Fsp3) is 0.688. The average Bonchev–Trinajstić information content (AvgIpc) is 2.44. The van der Waals surface area contributed by atoms with Crippen LogP contribution >= 0.6 is 0 Å². The van der Waals surface area contributed by atoms with Crippen molar-refractivity contribution in [3.8, 4) is 0 Å². The van der Waals surface area contributed by atoms with Crippen LogP contribution in [0.2, 0.25) is 0 Å². The van der Waals surface area contributed by atoms with Crippen molar-refractivity contribution in [1.82, 2.24) is 16.0 Å². The molecule has 1 aliphatic rings. The maximum absolute atomic E-state index is 11.9. The molecular formula is C16H27N3O4. The summed E-state index contributed by atoms with van der Waals surface area (Å²) in [5, 5.41) is 7.55. The van der Waals surface area contributed by atoms with Crippen LogP contribution in [0, 0.1) is 0 Å². The average molecular weight is 325 g/mol. The lowest BCUT2D eigenvalue weighted by atomic mass is 9.95. The maximum Gasteiger partial charge on any atom is 0.408 e. The van der Waals surface area contributed by atoms with Crippen molar-refractivity contribution in [3.63, 3.8) is 0 Å². The van der Waals surface area contributed by atoms with Crippen LogP contribution in [0.3, 0.4) is 0 Å². The Labute approximate surface area is 137 Å². The van der Waals surface area contributed by atoms with Crippen molar-refractivity contribution >= 4 is 17.9 Å². The van der Waals surface area contributed by atoms with Crippen molar-refractivity contribution in [2.45, 2.75) is 64.5 Å². The first-order chi connectivity index (χ1) is 10.7. The van der Waals surface area contributed by atoms with E-state index >= 15 is 0 Å². The maximum atomic E-state index is 11.9. The molecule has 0 aromatic heterocycles. The third-order valence-corrected chi connectivity index (χ3v) is 3.30. The standard InChI is InChI=1S/C16H27N3O4/c1-11(14(21)19-12-8-6-5-7-9-12)18-13(20)10-17-15(22)23-16(2,3)4/h12H,1,5-10H2,2-4H3,(H,17,22)(H,18,20)(H,19,21). The number of amides is 3. The third-order valence-electron chi connectivity index (χ3n) is 3.30. The summed E-state index contributed by atoms with van der Waals surface area (Å²) in [7, 11) is 0. The van der Waals surface area contributed by atoms with Gasteiger partial charge in [0.15, 0.2) is 0 Å². The predicted molar refractivity (Wildman–Crippen MR) is 86.5 cm³/mol. The molecule has 130 valence electrons. The molecule has 0 aromatic rings. The minimum absolute atomic E-state index is 0.0217.